The highest BCUT2D eigenvalue weighted by molar-refractivity contribution is 7.09. The lowest BCUT2D eigenvalue weighted by atomic mass is 9.93. The minimum atomic E-state index is 0.0538. The third-order valence-electron chi connectivity index (χ3n) is 4.29. The number of rotatable bonds is 4. The molecule has 1 unspecified atom stereocenters. The summed E-state index contributed by atoms with van der Waals surface area (Å²) in [7, 11) is 1.77. The van der Waals surface area contributed by atoms with E-state index in [0.717, 1.165) is 36.2 Å². The van der Waals surface area contributed by atoms with Gasteiger partial charge in [0.05, 0.1) is 12.2 Å². The first kappa shape index (κ1) is 19.7. The third-order valence-corrected chi connectivity index (χ3v) is 5.13. The van der Waals surface area contributed by atoms with Crippen molar-refractivity contribution >= 4 is 23.2 Å². The van der Waals surface area contributed by atoms with Crippen LogP contribution in [0.3, 0.4) is 0 Å². The summed E-state index contributed by atoms with van der Waals surface area (Å²) in [5, 5.41) is 9.92. The number of guanidine groups is 1. The molecule has 0 aromatic carbocycles. The Kier molecular flexibility index (Phi) is 6.43. The van der Waals surface area contributed by atoms with Crippen LogP contribution in [0.1, 0.15) is 51.7 Å². The fraction of sp³-hybridized carbons (Fsp3) is 0.722. The first-order valence-electron chi connectivity index (χ1n) is 8.91. The molecule has 7 heteroatoms. The molecule has 0 saturated carbocycles. The molecule has 1 aliphatic rings. The molecule has 1 saturated heterocycles. The van der Waals surface area contributed by atoms with Gasteiger partial charge in [0.25, 0.3) is 0 Å². The Morgan fingerprint density at radius 2 is 2.20 bits per heavy atom. The van der Waals surface area contributed by atoms with Crippen molar-refractivity contribution < 1.29 is 4.79 Å². The fourth-order valence-electron chi connectivity index (χ4n) is 2.73. The minimum Gasteiger partial charge on any atom is -0.352 e. The van der Waals surface area contributed by atoms with Gasteiger partial charge in [0.2, 0.25) is 5.91 Å². The highest BCUT2D eigenvalue weighted by atomic mass is 32.1. The highest BCUT2D eigenvalue weighted by Gasteiger charge is 2.28. The van der Waals surface area contributed by atoms with Crippen molar-refractivity contribution in [3.63, 3.8) is 0 Å². The second kappa shape index (κ2) is 8.17. The van der Waals surface area contributed by atoms with Crippen LogP contribution in [0.2, 0.25) is 0 Å². The Hall–Kier alpha value is -1.63. The number of amides is 1. The molecule has 140 valence electrons. The van der Waals surface area contributed by atoms with Gasteiger partial charge in [-0.3, -0.25) is 9.79 Å². The maximum atomic E-state index is 12.1. The Morgan fingerprint density at radius 3 is 2.76 bits per heavy atom. The molecular formula is C18H31N5OS. The van der Waals surface area contributed by atoms with Gasteiger partial charge in [0.15, 0.2) is 5.96 Å². The summed E-state index contributed by atoms with van der Waals surface area (Å²) < 4.78 is 0. The van der Waals surface area contributed by atoms with Crippen LogP contribution in [-0.4, -0.2) is 47.9 Å². The van der Waals surface area contributed by atoms with Crippen LogP contribution >= 0.6 is 11.3 Å². The second-order valence-corrected chi connectivity index (χ2v) is 8.81. The standard InChI is InChI=1S/C18H31N5OS/c1-12(2)16(24)23-8-7-13(10-23)21-17(19-6)20-9-15-22-14(11-25-15)18(3,4)5/h11-13H,7-10H2,1-6H3,(H2,19,20,21). The van der Waals surface area contributed by atoms with Crippen LogP contribution in [0.15, 0.2) is 10.4 Å². The van der Waals surface area contributed by atoms with Crippen molar-refractivity contribution in [3.8, 4) is 0 Å². The topological polar surface area (TPSA) is 69.6 Å². The van der Waals surface area contributed by atoms with Gasteiger partial charge in [-0.1, -0.05) is 34.6 Å². The molecule has 2 heterocycles. The van der Waals surface area contributed by atoms with E-state index in [0.29, 0.717) is 6.54 Å². The number of carbonyl (C=O) groups excluding carboxylic acids is 1. The molecule has 1 atom stereocenters. The van der Waals surface area contributed by atoms with Gasteiger partial charge >= 0.3 is 0 Å². The fourth-order valence-corrected chi connectivity index (χ4v) is 3.69. The summed E-state index contributed by atoms with van der Waals surface area (Å²) in [4.78, 5) is 23.0. The van der Waals surface area contributed by atoms with Crippen LogP contribution in [0.5, 0.6) is 0 Å². The lowest BCUT2D eigenvalue weighted by Gasteiger charge is -2.20. The van der Waals surface area contributed by atoms with E-state index >= 15 is 0 Å². The van der Waals surface area contributed by atoms with Crippen LogP contribution in [0.4, 0.5) is 0 Å². The first-order valence-corrected chi connectivity index (χ1v) is 9.79. The zero-order valence-electron chi connectivity index (χ0n) is 16.2. The van der Waals surface area contributed by atoms with Crippen molar-refractivity contribution in [2.75, 3.05) is 20.1 Å². The van der Waals surface area contributed by atoms with Crippen LogP contribution in [-0.2, 0) is 16.8 Å². The summed E-state index contributed by atoms with van der Waals surface area (Å²) >= 11 is 1.67. The zero-order valence-corrected chi connectivity index (χ0v) is 17.0. The van der Waals surface area contributed by atoms with E-state index in [1.54, 1.807) is 18.4 Å². The van der Waals surface area contributed by atoms with Crippen molar-refractivity contribution in [1.82, 2.24) is 20.5 Å². The van der Waals surface area contributed by atoms with Crippen LogP contribution in [0, 0.1) is 5.92 Å². The van der Waals surface area contributed by atoms with Gasteiger partial charge < -0.3 is 15.5 Å². The first-order chi connectivity index (χ1) is 11.7. The molecule has 0 aliphatic carbocycles. The van der Waals surface area contributed by atoms with Crippen molar-refractivity contribution in [1.29, 1.82) is 0 Å². The molecule has 1 aromatic heterocycles. The molecule has 1 aliphatic heterocycles. The van der Waals surface area contributed by atoms with E-state index in [1.807, 2.05) is 18.7 Å². The monoisotopic (exact) mass is 365 g/mol. The Bertz CT molecular complexity index is 617. The van der Waals surface area contributed by atoms with E-state index in [9.17, 15) is 4.79 Å². The molecule has 0 radical (unpaired) electrons. The molecule has 1 aromatic rings. The number of carbonyl (C=O) groups is 1. The molecule has 1 fully saturated rings. The molecule has 0 bridgehead atoms. The van der Waals surface area contributed by atoms with Gasteiger partial charge in [0.1, 0.15) is 5.01 Å². The van der Waals surface area contributed by atoms with E-state index in [4.69, 9.17) is 4.98 Å². The summed E-state index contributed by atoms with van der Waals surface area (Å²) in [6.45, 7) is 12.6. The quantitative estimate of drug-likeness (QED) is 0.635. The summed E-state index contributed by atoms with van der Waals surface area (Å²) in [6, 6.07) is 0.246. The lowest BCUT2D eigenvalue weighted by Crippen LogP contribution is -2.45. The highest BCUT2D eigenvalue weighted by Crippen LogP contribution is 2.23. The third kappa shape index (κ3) is 5.42. The second-order valence-electron chi connectivity index (χ2n) is 7.87. The smallest absolute Gasteiger partial charge is 0.225 e. The van der Waals surface area contributed by atoms with Crippen LogP contribution in [0.25, 0.3) is 0 Å². The molecule has 0 spiro atoms. The number of hydrogen-bond acceptors (Lipinski definition) is 4. The SMILES string of the molecule is CN=C(NCc1nc(C(C)(C)C)cs1)NC1CCN(C(=O)C(C)C)C1. The number of nitrogens with one attached hydrogen (secondary N) is 2. The average Bonchev–Trinajstić information content (AvgIpc) is 3.19. The van der Waals surface area contributed by atoms with Crippen molar-refractivity contribution in [2.45, 2.75) is 59.0 Å². The molecule has 2 rings (SSSR count). The molecule has 2 N–H and O–H groups in total. The predicted octanol–water partition coefficient (Wildman–Crippen LogP) is 2.36. The maximum Gasteiger partial charge on any atom is 0.225 e. The van der Waals surface area contributed by atoms with Crippen molar-refractivity contribution in [3.05, 3.63) is 16.1 Å². The average molecular weight is 366 g/mol. The molecular weight excluding hydrogens is 334 g/mol. The van der Waals surface area contributed by atoms with Gasteiger partial charge in [0, 0.05) is 42.9 Å². The summed E-state index contributed by atoms with van der Waals surface area (Å²) in [5.41, 5.74) is 1.20. The van der Waals surface area contributed by atoms with E-state index in [-0.39, 0.29) is 23.3 Å². The largest absolute Gasteiger partial charge is 0.352 e. The zero-order chi connectivity index (χ0) is 18.6. The van der Waals surface area contributed by atoms with Gasteiger partial charge in [-0.25, -0.2) is 4.98 Å². The number of likely N-dealkylation sites (tertiary alicyclic amines) is 1. The number of aromatic nitrogens is 1. The Balaban J connectivity index is 1.84. The van der Waals surface area contributed by atoms with E-state index in [2.05, 4.69) is 41.8 Å². The molecule has 25 heavy (non-hydrogen) atoms. The summed E-state index contributed by atoms with van der Waals surface area (Å²) in [5.74, 6) is 1.04. The molecule has 6 nitrogen and oxygen atoms in total. The number of nitrogens with zero attached hydrogens (tertiary/aromatic N) is 3. The normalized spacial score (nSPS) is 18.8. The Labute approximate surface area is 155 Å². The predicted molar refractivity (Wildman–Crippen MR) is 104 cm³/mol. The van der Waals surface area contributed by atoms with Gasteiger partial charge in [-0.15, -0.1) is 11.3 Å². The van der Waals surface area contributed by atoms with E-state index in [1.165, 1.54) is 0 Å². The maximum absolute atomic E-state index is 12.1. The van der Waals surface area contributed by atoms with Crippen molar-refractivity contribution in [2.24, 2.45) is 10.9 Å². The molecule has 1 amide bonds. The summed E-state index contributed by atoms with van der Waals surface area (Å²) in [6.07, 6.45) is 0.949. The van der Waals surface area contributed by atoms with Gasteiger partial charge in [-0.05, 0) is 6.42 Å². The number of aliphatic imine (C=N–C) groups is 1. The minimum absolute atomic E-state index is 0.0538. The lowest BCUT2D eigenvalue weighted by molar-refractivity contribution is -0.133. The number of hydrogen-bond donors (Lipinski definition) is 2. The Morgan fingerprint density at radius 1 is 1.48 bits per heavy atom. The van der Waals surface area contributed by atoms with Crippen LogP contribution < -0.4 is 10.6 Å². The number of thiazole rings is 1. The van der Waals surface area contributed by atoms with E-state index < -0.39 is 0 Å². The van der Waals surface area contributed by atoms with Gasteiger partial charge in [-0.2, -0.15) is 0 Å².